The highest BCUT2D eigenvalue weighted by Crippen LogP contribution is 2.35. The third-order valence-corrected chi connectivity index (χ3v) is 4.36. The zero-order chi connectivity index (χ0) is 18.7. The lowest BCUT2D eigenvalue weighted by Gasteiger charge is -2.05. The van der Waals surface area contributed by atoms with E-state index in [-0.39, 0.29) is 11.5 Å². The van der Waals surface area contributed by atoms with E-state index < -0.39 is 0 Å². The molecule has 4 heteroatoms. The van der Waals surface area contributed by atoms with Crippen LogP contribution in [0.1, 0.15) is 18.1 Å². The summed E-state index contributed by atoms with van der Waals surface area (Å²) in [6, 6.07) is 14.9. The van der Waals surface area contributed by atoms with Gasteiger partial charge in [-0.15, -0.1) is 0 Å². The molecule has 0 radical (unpaired) electrons. The molecule has 0 bridgehead atoms. The van der Waals surface area contributed by atoms with Crippen molar-refractivity contribution in [3.8, 4) is 11.5 Å². The van der Waals surface area contributed by atoms with Crippen molar-refractivity contribution in [2.24, 2.45) is 0 Å². The van der Waals surface area contributed by atoms with Crippen LogP contribution in [0.5, 0.6) is 11.5 Å². The highest BCUT2D eigenvalue weighted by Gasteiger charge is 2.30. The Morgan fingerprint density at radius 3 is 1.62 bits per heavy atom. The zero-order valence-electron chi connectivity index (χ0n) is 14.9. The molecule has 132 valence electrons. The minimum atomic E-state index is -0.363. The number of allylic oxidation sites excluding steroid dienone is 3. The molecular formula is C22H20O4. The summed E-state index contributed by atoms with van der Waals surface area (Å²) in [5.41, 5.74) is 3.54. The van der Waals surface area contributed by atoms with Gasteiger partial charge in [0.25, 0.3) is 0 Å². The van der Waals surface area contributed by atoms with E-state index in [4.69, 9.17) is 9.47 Å². The van der Waals surface area contributed by atoms with Gasteiger partial charge < -0.3 is 14.6 Å². The molecule has 1 aliphatic rings. The number of rotatable bonds is 4. The van der Waals surface area contributed by atoms with Gasteiger partial charge in [-0.2, -0.15) is 0 Å². The second-order valence-corrected chi connectivity index (χ2v) is 5.97. The van der Waals surface area contributed by atoms with Crippen molar-refractivity contribution in [3.05, 3.63) is 82.1 Å². The Bertz CT molecular complexity index is 914. The highest BCUT2D eigenvalue weighted by atomic mass is 16.5. The Labute approximate surface area is 152 Å². The van der Waals surface area contributed by atoms with Crippen LogP contribution in [-0.2, 0) is 4.79 Å². The van der Waals surface area contributed by atoms with Gasteiger partial charge in [-0.1, -0.05) is 24.3 Å². The van der Waals surface area contributed by atoms with E-state index in [1.54, 1.807) is 27.2 Å². The molecule has 4 nitrogen and oxygen atoms in total. The fourth-order valence-corrected chi connectivity index (χ4v) is 2.81. The van der Waals surface area contributed by atoms with Gasteiger partial charge in [0.05, 0.1) is 14.2 Å². The largest absolute Gasteiger partial charge is 0.504 e. The zero-order valence-corrected chi connectivity index (χ0v) is 14.9. The summed E-state index contributed by atoms with van der Waals surface area (Å²) < 4.78 is 10.3. The van der Waals surface area contributed by atoms with Crippen LogP contribution in [0.2, 0.25) is 0 Å². The number of aliphatic hydroxyl groups excluding tert-OH is 1. The summed E-state index contributed by atoms with van der Waals surface area (Å²) in [5, 5.41) is 10.1. The summed E-state index contributed by atoms with van der Waals surface area (Å²) in [7, 11) is 3.22. The number of ketones is 1. The maximum absolute atomic E-state index is 12.5. The molecule has 0 spiro atoms. The van der Waals surface area contributed by atoms with Gasteiger partial charge in [-0.05, 0) is 60.0 Å². The summed E-state index contributed by atoms with van der Waals surface area (Å²) in [4.78, 5) is 12.5. The topological polar surface area (TPSA) is 55.8 Å². The molecule has 26 heavy (non-hydrogen) atoms. The first-order valence-electron chi connectivity index (χ1n) is 8.20. The molecule has 0 fully saturated rings. The summed E-state index contributed by atoms with van der Waals surface area (Å²) in [5.74, 6) is 0.942. The standard InChI is InChI=1S/C22H20O4/c1-14-19(12-15-4-8-17(25-2)9-5-15)20(22(24)21(14)23)13-16-6-10-18(26-3)11-7-16/h4-13,23H,1-3H3/b19-12+,20-13+. The molecule has 0 aliphatic heterocycles. The second kappa shape index (κ2) is 7.31. The van der Waals surface area contributed by atoms with Crippen molar-refractivity contribution >= 4 is 17.9 Å². The smallest absolute Gasteiger partial charge is 0.228 e. The number of Topliss-reactive ketones (excluding diaryl/α,β-unsaturated/α-hetero) is 1. The van der Waals surface area contributed by atoms with Crippen LogP contribution in [0.15, 0.2) is 71.0 Å². The van der Waals surface area contributed by atoms with Crippen LogP contribution in [0.25, 0.3) is 12.2 Å². The molecule has 0 atom stereocenters. The molecule has 2 aromatic carbocycles. The van der Waals surface area contributed by atoms with E-state index >= 15 is 0 Å². The minimum absolute atomic E-state index is 0.204. The number of hydrogen-bond acceptors (Lipinski definition) is 4. The molecule has 0 saturated carbocycles. The van der Waals surface area contributed by atoms with Crippen LogP contribution in [0, 0.1) is 0 Å². The molecule has 0 unspecified atom stereocenters. The number of methoxy groups -OCH3 is 2. The maximum atomic E-state index is 12.5. The van der Waals surface area contributed by atoms with Gasteiger partial charge in [0, 0.05) is 11.1 Å². The van der Waals surface area contributed by atoms with E-state index in [2.05, 4.69) is 0 Å². The van der Waals surface area contributed by atoms with Crippen LogP contribution in [-0.4, -0.2) is 25.1 Å². The van der Waals surface area contributed by atoms with E-state index in [1.807, 2.05) is 54.6 Å². The summed E-state index contributed by atoms with van der Waals surface area (Å²) in [6.07, 6.45) is 3.68. The molecule has 0 aromatic heterocycles. The monoisotopic (exact) mass is 348 g/mol. The van der Waals surface area contributed by atoms with E-state index in [1.165, 1.54) is 0 Å². The Hall–Kier alpha value is -3.27. The van der Waals surface area contributed by atoms with E-state index in [0.717, 1.165) is 22.6 Å². The van der Waals surface area contributed by atoms with Crippen LogP contribution in [0.3, 0.4) is 0 Å². The Balaban J connectivity index is 2.02. The molecule has 2 aromatic rings. The van der Waals surface area contributed by atoms with Crippen molar-refractivity contribution in [3.63, 3.8) is 0 Å². The van der Waals surface area contributed by atoms with Crippen molar-refractivity contribution in [2.45, 2.75) is 6.92 Å². The normalized spacial score (nSPS) is 17.3. The fraction of sp³-hybridized carbons (Fsp3) is 0.136. The van der Waals surface area contributed by atoms with Crippen LogP contribution in [0.4, 0.5) is 0 Å². The van der Waals surface area contributed by atoms with Crippen LogP contribution < -0.4 is 9.47 Å². The van der Waals surface area contributed by atoms with E-state index in [0.29, 0.717) is 16.7 Å². The minimum Gasteiger partial charge on any atom is -0.504 e. The van der Waals surface area contributed by atoms with Crippen molar-refractivity contribution < 1.29 is 19.4 Å². The number of carbonyl (C=O) groups is 1. The average molecular weight is 348 g/mol. The fourth-order valence-electron chi connectivity index (χ4n) is 2.81. The molecule has 0 saturated heterocycles. The third-order valence-electron chi connectivity index (χ3n) is 4.36. The number of aliphatic hydroxyl groups is 1. The molecule has 3 rings (SSSR count). The second-order valence-electron chi connectivity index (χ2n) is 5.97. The lowest BCUT2D eigenvalue weighted by Crippen LogP contribution is -1.99. The first kappa shape index (κ1) is 17.5. The molecule has 1 N–H and O–H groups in total. The lowest BCUT2D eigenvalue weighted by atomic mass is 9.99. The van der Waals surface area contributed by atoms with Crippen LogP contribution >= 0.6 is 0 Å². The number of benzene rings is 2. The summed E-state index contributed by atoms with van der Waals surface area (Å²) in [6.45, 7) is 1.75. The van der Waals surface area contributed by atoms with Crippen molar-refractivity contribution in [2.75, 3.05) is 14.2 Å². The Morgan fingerprint density at radius 1 is 0.769 bits per heavy atom. The first-order chi connectivity index (χ1) is 12.5. The van der Waals surface area contributed by atoms with Gasteiger partial charge >= 0.3 is 0 Å². The van der Waals surface area contributed by atoms with Crippen molar-refractivity contribution in [1.82, 2.24) is 0 Å². The van der Waals surface area contributed by atoms with Gasteiger partial charge in [0.1, 0.15) is 11.5 Å². The SMILES string of the molecule is COc1ccc(/C=C2/C(=O)C(O)=C(C)/C2=C\c2ccc(OC)cc2)cc1. The number of hydrogen-bond donors (Lipinski definition) is 1. The summed E-state index contributed by atoms with van der Waals surface area (Å²) >= 11 is 0. The number of carbonyl (C=O) groups excluding carboxylic acids is 1. The first-order valence-corrected chi connectivity index (χ1v) is 8.20. The molecule has 0 amide bonds. The third kappa shape index (κ3) is 3.40. The van der Waals surface area contributed by atoms with Gasteiger partial charge in [-0.3, -0.25) is 4.79 Å². The lowest BCUT2D eigenvalue weighted by molar-refractivity contribution is -0.113. The predicted octanol–water partition coefficient (Wildman–Crippen LogP) is 4.59. The molecule has 0 heterocycles. The predicted molar refractivity (Wildman–Crippen MR) is 102 cm³/mol. The Morgan fingerprint density at radius 2 is 1.19 bits per heavy atom. The van der Waals surface area contributed by atoms with Crippen molar-refractivity contribution in [1.29, 1.82) is 0 Å². The highest BCUT2D eigenvalue weighted by molar-refractivity contribution is 6.19. The molecule has 1 aliphatic carbocycles. The Kier molecular flexibility index (Phi) is 4.94. The maximum Gasteiger partial charge on any atom is 0.228 e. The van der Waals surface area contributed by atoms with Gasteiger partial charge in [0.2, 0.25) is 5.78 Å². The number of ether oxygens (including phenoxy) is 2. The van der Waals surface area contributed by atoms with Gasteiger partial charge in [-0.25, -0.2) is 0 Å². The quantitative estimate of drug-likeness (QED) is 0.822. The van der Waals surface area contributed by atoms with Gasteiger partial charge in [0.15, 0.2) is 5.76 Å². The molecular weight excluding hydrogens is 328 g/mol. The van der Waals surface area contributed by atoms with E-state index in [9.17, 15) is 9.90 Å². The average Bonchev–Trinajstić information content (AvgIpc) is 2.87.